The second-order valence-electron chi connectivity index (χ2n) is 5.25. The predicted octanol–water partition coefficient (Wildman–Crippen LogP) is 3.67. The lowest BCUT2D eigenvalue weighted by Gasteiger charge is -2.06. The van der Waals surface area contributed by atoms with Crippen molar-refractivity contribution in [3.63, 3.8) is 0 Å². The highest BCUT2D eigenvalue weighted by molar-refractivity contribution is 5.55. The SMILES string of the molecule is c1ccc(-c2nncn2C2CC2c2ccccc2)cc1. The van der Waals surface area contributed by atoms with Gasteiger partial charge in [-0.25, -0.2) is 0 Å². The van der Waals surface area contributed by atoms with Gasteiger partial charge >= 0.3 is 0 Å². The summed E-state index contributed by atoms with van der Waals surface area (Å²) in [5, 5.41) is 8.39. The lowest BCUT2D eigenvalue weighted by Crippen LogP contribution is -1.98. The first-order valence-electron chi connectivity index (χ1n) is 6.93. The molecule has 0 spiro atoms. The molecule has 0 amide bonds. The fourth-order valence-electron chi connectivity index (χ4n) is 2.83. The molecule has 3 nitrogen and oxygen atoms in total. The van der Waals surface area contributed by atoms with Gasteiger partial charge in [-0.05, 0) is 12.0 Å². The second-order valence-corrected chi connectivity index (χ2v) is 5.25. The third-order valence-corrected chi connectivity index (χ3v) is 3.95. The summed E-state index contributed by atoms with van der Waals surface area (Å²) in [6, 6.07) is 21.4. The molecule has 2 aromatic carbocycles. The van der Waals surface area contributed by atoms with E-state index < -0.39 is 0 Å². The Bertz CT molecular complexity index is 703. The number of rotatable bonds is 3. The maximum atomic E-state index is 4.29. The van der Waals surface area contributed by atoms with Crippen molar-refractivity contribution >= 4 is 0 Å². The van der Waals surface area contributed by atoms with E-state index in [4.69, 9.17) is 0 Å². The zero-order chi connectivity index (χ0) is 13.4. The standard InChI is InChI=1S/C17H15N3/c1-3-7-13(8-4-1)15-11-16(15)20-12-18-19-17(20)14-9-5-2-6-10-14/h1-10,12,15-16H,11H2. The molecule has 1 aromatic heterocycles. The molecule has 2 atom stereocenters. The van der Waals surface area contributed by atoms with E-state index in [2.05, 4.69) is 57.2 Å². The van der Waals surface area contributed by atoms with Crippen LogP contribution < -0.4 is 0 Å². The Kier molecular flexibility index (Phi) is 2.62. The summed E-state index contributed by atoms with van der Waals surface area (Å²) >= 11 is 0. The van der Waals surface area contributed by atoms with Crippen molar-refractivity contribution in [3.05, 3.63) is 72.6 Å². The largest absolute Gasteiger partial charge is 0.310 e. The molecule has 0 radical (unpaired) electrons. The molecular weight excluding hydrogens is 246 g/mol. The van der Waals surface area contributed by atoms with E-state index in [0.717, 1.165) is 11.4 Å². The van der Waals surface area contributed by atoms with Crippen LogP contribution in [0.5, 0.6) is 0 Å². The van der Waals surface area contributed by atoms with Crippen LogP contribution in [0.15, 0.2) is 67.0 Å². The first-order chi connectivity index (χ1) is 9.93. The van der Waals surface area contributed by atoms with Crippen LogP contribution in [0.3, 0.4) is 0 Å². The summed E-state index contributed by atoms with van der Waals surface area (Å²) in [6.07, 6.45) is 3.03. The molecule has 4 rings (SSSR count). The number of nitrogens with zero attached hydrogens (tertiary/aromatic N) is 3. The zero-order valence-corrected chi connectivity index (χ0v) is 11.1. The maximum Gasteiger partial charge on any atom is 0.164 e. The molecule has 1 aliphatic rings. The Morgan fingerprint density at radius 2 is 1.60 bits per heavy atom. The fourth-order valence-corrected chi connectivity index (χ4v) is 2.83. The van der Waals surface area contributed by atoms with E-state index in [1.54, 1.807) is 0 Å². The minimum absolute atomic E-state index is 0.489. The first-order valence-corrected chi connectivity index (χ1v) is 6.93. The maximum absolute atomic E-state index is 4.29. The third kappa shape index (κ3) is 1.92. The highest BCUT2D eigenvalue weighted by Gasteiger charge is 2.41. The average molecular weight is 261 g/mol. The van der Waals surface area contributed by atoms with Crippen LogP contribution in [0.25, 0.3) is 11.4 Å². The predicted molar refractivity (Wildman–Crippen MR) is 78.3 cm³/mol. The number of aromatic nitrogens is 3. The van der Waals surface area contributed by atoms with E-state index in [1.165, 1.54) is 12.0 Å². The highest BCUT2D eigenvalue weighted by Crippen LogP contribution is 2.52. The molecule has 3 heteroatoms. The molecule has 0 saturated heterocycles. The van der Waals surface area contributed by atoms with E-state index in [-0.39, 0.29) is 0 Å². The van der Waals surface area contributed by atoms with Crippen molar-refractivity contribution in [2.24, 2.45) is 0 Å². The van der Waals surface area contributed by atoms with E-state index in [1.807, 2.05) is 24.5 Å². The number of hydrogen-bond donors (Lipinski definition) is 0. The molecule has 0 N–H and O–H groups in total. The van der Waals surface area contributed by atoms with Crippen LogP contribution in [0.4, 0.5) is 0 Å². The molecule has 0 bridgehead atoms. The van der Waals surface area contributed by atoms with Crippen molar-refractivity contribution in [1.29, 1.82) is 0 Å². The Balaban J connectivity index is 1.65. The van der Waals surface area contributed by atoms with Gasteiger partial charge < -0.3 is 4.57 Å². The Labute approximate surface area is 117 Å². The monoisotopic (exact) mass is 261 g/mol. The molecule has 98 valence electrons. The van der Waals surface area contributed by atoms with Crippen molar-refractivity contribution < 1.29 is 0 Å². The lowest BCUT2D eigenvalue weighted by molar-refractivity contribution is 0.721. The van der Waals surface area contributed by atoms with Crippen LogP contribution in [-0.2, 0) is 0 Å². The molecule has 20 heavy (non-hydrogen) atoms. The van der Waals surface area contributed by atoms with Crippen molar-refractivity contribution in [2.75, 3.05) is 0 Å². The van der Waals surface area contributed by atoms with Gasteiger partial charge in [0, 0.05) is 17.5 Å². The van der Waals surface area contributed by atoms with E-state index >= 15 is 0 Å². The summed E-state index contributed by atoms with van der Waals surface area (Å²) in [5.74, 6) is 1.56. The van der Waals surface area contributed by atoms with Gasteiger partial charge in [0.2, 0.25) is 0 Å². The Morgan fingerprint density at radius 1 is 0.900 bits per heavy atom. The van der Waals surface area contributed by atoms with Crippen LogP contribution in [-0.4, -0.2) is 14.8 Å². The Hall–Kier alpha value is -2.42. The minimum atomic E-state index is 0.489. The number of hydrogen-bond acceptors (Lipinski definition) is 2. The molecule has 1 fully saturated rings. The lowest BCUT2D eigenvalue weighted by atomic mass is 10.1. The minimum Gasteiger partial charge on any atom is -0.310 e. The van der Waals surface area contributed by atoms with Crippen LogP contribution in [0.2, 0.25) is 0 Å². The molecule has 3 aromatic rings. The fraction of sp³-hybridized carbons (Fsp3) is 0.176. The summed E-state index contributed by atoms with van der Waals surface area (Å²) in [4.78, 5) is 0. The van der Waals surface area contributed by atoms with Crippen molar-refractivity contribution in [1.82, 2.24) is 14.8 Å². The highest BCUT2D eigenvalue weighted by atomic mass is 15.3. The molecule has 1 heterocycles. The molecule has 2 unspecified atom stereocenters. The van der Waals surface area contributed by atoms with Gasteiger partial charge in [0.25, 0.3) is 0 Å². The van der Waals surface area contributed by atoms with Crippen molar-refractivity contribution in [2.45, 2.75) is 18.4 Å². The van der Waals surface area contributed by atoms with E-state index in [0.29, 0.717) is 12.0 Å². The van der Waals surface area contributed by atoms with Crippen molar-refractivity contribution in [3.8, 4) is 11.4 Å². The third-order valence-electron chi connectivity index (χ3n) is 3.95. The molecule has 0 aliphatic heterocycles. The molecular formula is C17H15N3. The second kappa shape index (κ2) is 4.60. The molecule has 1 saturated carbocycles. The summed E-state index contributed by atoms with van der Waals surface area (Å²) in [7, 11) is 0. The summed E-state index contributed by atoms with van der Waals surface area (Å²) in [5.41, 5.74) is 2.54. The van der Waals surface area contributed by atoms with Gasteiger partial charge in [-0.2, -0.15) is 0 Å². The zero-order valence-electron chi connectivity index (χ0n) is 11.1. The van der Waals surface area contributed by atoms with Crippen LogP contribution >= 0.6 is 0 Å². The van der Waals surface area contributed by atoms with Gasteiger partial charge in [-0.1, -0.05) is 60.7 Å². The van der Waals surface area contributed by atoms with Crippen LogP contribution in [0.1, 0.15) is 23.9 Å². The summed E-state index contributed by atoms with van der Waals surface area (Å²) < 4.78 is 2.22. The average Bonchev–Trinajstić information content (AvgIpc) is 3.17. The van der Waals surface area contributed by atoms with Gasteiger partial charge in [0.15, 0.2) is 5.82 Å². The topological polar surface area (TPSA) is 30.7 Å². The Morgan fingerprint density at radius 3 is 2.35 bits per heavy atom. The molecule has 1 aliphatic carbocycles. The normalized spacial score (nSPS) is 20.8. The summed E-state index contributed by atoms with van der Waals surface area (Å²) in [6.45, 7) is 0. The van der Waals surface area contributed by atoms with Gasteiger partial charge in [-0.3, -0.25) is 0 Å². The van der Waals surface area contributed by atoms with Gasteiger partial charge in [0.1, 0.15) is 6.33 Å². The van der Waals surface area contributed by atoms with Gasteiger partial charge in [-0.15, -0.1) is 10.2 Å². The number of benzene rings is 2. The van der Waals surface area contributed by atoms with E-state index in [9.17, 15) is 0 Å². The first kappa shape index (κ1) is 11.4. The smallest absolute Gasteiger partial charge is 0.164 e. The van der Waals surface area contributed by atoms with Crippen LogP contribution in [0, 0.1) is 0 Å². The quantitative estimate of drug-likeness (QED) is 0.720. The van der Waals surface area contributed by atoms with Gasteiger partial charge in [0.05, 0.1) is 0 Å².